The van der Waals surface area contributed by atoms with Crippen molar-refractivity contribution in [1.82, 2.24) is 9.88 Å². The minimum absolute atomic E-state index is 0.000540. The Labute approximate surface area is 183 Å². The topological polar surface area (TPSA) is 74.7 Å². The number of hydrogen-bond donors (Lipinski definition) is 2. The van der Waals surface area contributed by atoms with Crippen LogP contribution < -0.4 is 5.32 Å². The molecule has 0 radical (unpaired) electrons. The summed E-state index contributed by atoms with van der Waals surface area (Å²) < 4.78 is 5.39. The maximum absolute atomic E-state index is 13.1. The van der Waals surface area contributed by atoms with Crippen LogP contribution in [-0.2, 0) is 16.0 Å². The molecule has 1 aromatic rings. The van der Waals surface area contributed by atoms with Crippen molar-refractivity contribution in [3.8, 4) is 0 Å². The molecule has 166 valence electrons. The van der Waals surface area contributed by atoms with Gasteiger partial charge in [0.05, 0.1) is 25.0 Å². The molecule has 7 heteroatoms. The van der Waals surface area contributed by atoms with Gasteiger partial charge in [-0.2, -0.15) is 0 Å². The Hall–Kier alpha value is -1.44. The molecule has 0 bridgehead atoms. The van der Waals surface area contributed by atoms with Crippen LogP contribution in [0, 0.1) is 23.2 Å². The van der Waals surface area contributed by atoms with Gasteiger partial charge in [-0.1, -0.05) is 26.8 Å². The Morgan fingerprint density at radius 2 is 2.23 bits per heavy atom. The lowest BCUT2D eigenvalue weighted by atomic mass is 9.53. The van der Waals surface area contributed by atoms with Crippen molar-refractivity contribution < 1.29 is 14.6 Å². The molecule has 30 heavy (non-hydrogen) atoms. The monoisotopic (exact) mass is 433 g/mol. The molecule has 0 spiro atoms. The van der Waals surface area contributed by atoms with Crippen LogP contribution in [0.3, 0.4) is 0 Å². The lowest BCUT2D eigenvalue weighted by Crippen LogP contribution is -2.54. The highest BCUT2D eigenvalue weighted by Crippen LogP contribution is 2.57. The number of ether oxygens (including phenoxy) is 1. The lowest BCUT2D eigenvalue weighted by Gasteiger charge is -2.53. The Balaban J connectivity index is 1.54. The van der Waals surface area contributed by atoms with Crippen LogP contribution >= 0.6 is 11.3 Å². The molecular formula is C23H35N3O3S. The fraction of sp³-hybridized carbons (Fsp3) is 0.739. The number of aromatic nitrogens is 1. The Morgan fingerprint density at radius 1 is 1.50 bits per heavy atom. The molecule has 1 aromatic heterocycles. The zero-order valence-corrected chi connectivity index (χ0v) is 19.2. The Kier molecular flexibility index (Phi) is 6.24. The average molecular weight is 434 g/mol. The summed E-state index contributed by atoms with van der Waals surface area (Å²) in [5.41, 5.74) is 1.17. The van der Waals surface area contributed by atoms with E-state index in [-0.39, 0.29) is 35.0 Å². The summed E-state index contributed by atoms with van der Waals surface area (Å²) in [5, 5.41) is 15.8. The van der Waals surface area contributed by atoms with Gasteiger partial charge in [-0.25, -0.2) is 4.98 Å². The first kappa shape index (κ1) is 21.8. The molecule has 1 aliphatic heterocycles. The van der Waals surface area contributed by atoms with Crippen LogP contribution in [0.15, 0.2) is 12.7 Å². The van der Waals surface area contributed by atoms with E-state index >= 15 is 0 Å². The van der Waals surface area contributed by atoms with Gasteiger partial charge in [0.15, 0.2) is 5.13 Å². The number of carbonyl (C=O) groups excluding carboxylic acids is 1. The van der Waals surface area contributed by atoms with E-state index in [1.54, 1.807) is 11.3 Å². The van der Waals surface area contributed by atoms with Crippen LogP contribution in [0.5, 0.6) is 0 Å². The normalized spacial score (nSPS) is 34.6. The number of aliphatic hydroxyl groups is 1. The van der Waals surface area contributed by atoms with Crippen molar-refractivity contribution in [3.63, 3.8) is 0 Å². The van der Waals surface area contributed by atoms with Gasteiger partial charge in [0, 0.05) is 36.3 Å². The third-order valence-corrected chi connectivity index (χ3v) is 8.70. The number of anilines is 1. The quantitative estimate of drug-likeness (QED) is 0.697. The first-order valence-electron chi connectivity index (χ1n) is 11.2. The number of hydrogen-bond acceptors (Lipinski definition) is 6. The second-order valence-corrected chi connectivity index (χ2v) is 10.6. The van der Waals surface area contributed by atoms with Gasteiger partial charge < -0.3 is 20.1 Å². The van der Waals surface area contributed by atoms with Crippen LogP contribution in [0.25, 0.3) is 0 Å². The van der Waals surface area contributed by atoms with Gasteiger partial charge in [0.2, 0.25) is 5.91 Å². The number of morpholine rings is 1. The predicted octanol–water partition coefficient (Wildman–Crippen LogP) is 3.29. The molecular weight excluding hydrogens is 398 g/mol. The van der Waals surface area contributed by atoms with Crippen molar-refractivity contribution in [1.29, 1.82) is 0 Å². The molecule has 1 saturated carbocycles. The average Bonchev–Trinajstić information content (AvgIpc) is 3.14. The molecule has 6 atom stereocenters. The molecule has 4 rings (SSSR count). The van der Waals surface area contributed by atoms with Gasteiger partial charge in [0.25, 0.3) is 0 Å². The molecule has 1 amide bonds. The molecule has 2 N–H and O–H groups in total. The molecule has 2 aliphatic carbocycles. The summed E-state index contributed by atoms with van der Waals surface area (Å²) >= 11 is 1.74. The van der Waals surface area contributed by atoms with E-state index < -0.39 is 6.10 Å². The van der Waals surface area contributed by atoms with Crippen LogP contribution in [0.4, 0.5) is 5.13 Å². The highest BCUT2D eigenvalue weighted by Gasteiger charge is 2.54. The summed E-state index contributed by atoms with van der Waals surface area (Å²) in [4.78, 5) is 21.2. The number of carbonyl (C=O) groups is 1. The first-order valence-corrected chi connectivity index (χ1v) is 12.1. The molecule has 0 aromatic carbocycles. The second kappa shape index (κ2) is 8.60. The summed E-state index contributed by atoms with van der Waals surface area (Å²) in [5.74, 6) is 0.298. The highest BCUT2D eigenvalue weighted by atomic mass is 32.1. The zero-order valence-electron chi connectivity index (χ0n) is 18.4. The maximum atomic E-state index is 13.1. The van der Waals surface area contributed by atoms with Gasteiger partial charge in [-0.3, -0.25) is 4.79 Å². The van der Waals surface area contributed by atoms with Crippen molar-refractivity contribution in [2.75, 3.05) is 38.2 Å². The first-order chi connectivity index (χ1) is 14.4. The molecule has 0 unspecified atom stereocenters. The Bertz CT molecular complexity index is 791. The van der Waals surface area contributed by atoms with Crippen LogP contribution in [0.2, 0.25) is 0 Å². The van der Waals surface area contributed by atoms with E-state index in [0.29, 0.717) is 32.8 Å². The van der Waals surface area contributed by atoms with E-state index in [2.05, 4.69) is 25.7 Å². The number of thiazole rings is 1. The largest absolute Gasteiger partial charge is 0.392 e. The maximum Gasteiger partial charge on any atom is 0.225 e. The molecule has 2 fully saturated rings. The number of rotatable bonds is 5. The standard InChI is InChI=1S/C23H35N3O3S/c1-5-8-24-22-25-19-15(3)18-20(27)16(6-7-23(18,4)13-17(19)30-22)14(2)21(28)26-9-11-29-12-10-26/h5,14-16,18,20,27H,1,6-13H2,2-4H3,(H,24,25)/t14-,15-,16-,18+,20-,23-/m0/s1. The zero-order chi connectivity index (χ0) is 21.5. The van der Waals surface area contributed by atoms with Gasteiger partial charge in [0.1, 0.15) is 0 Å². The Morgan fingerprint density at radius 3 is 2.93 bits per heavy atom. The minimum atomic E-state index is -0.488. The van der Waals surface area contributed by atoms with Crippen molar-refractivity contribution in [2.45, 2.75) is 52.1 Å². The summed E-state index contributed by atoms with van der Waals surface area (Å²) in [7, 11) is 0. The molecule has 1 saturated heterocycles. The third-order valence-electron chi connectivity index (χ3n) is 7.67. The number of amides is 1. The predicted molar refractivity (Wildman–Crippen MR) is 120 cm³/mol. The van der Waals surface area contributed by atoms with E-state index in [1.807, 2.05) is 17.9 Å². The molecule has 6 nitrogen and oxygen atoms in total. The SMILES string of the molecule is C=CCNc1nc2c(s1)C[C@]1(C)CC[C@@H]([C@H](C)C(=O)N3CCOCC3)[C@H](O)[C@H]1[C@@H]2C. The minimum Gasteiger partial charge on any atom is -0.392 e. The summed E-state index contributed by atoms with van der Waals surface area (Å²) in [6, 6.07) is 0. The lowest BCUT2D eigenvalue weighted by molar-refractivity contribution is -0.148. The number of nitrogens with one attached hydrogen (secondary N) is 1. The summed E-state index contributed by atoms with van der Waals surface area (Å²) in [6.07, 6.45) is 4.25. The van der Waals surface area contributed by atoms with E-state index in [4.69, 9.17) is 9.72 Å². The summed E-state index contributed by atoms with van der Waals surface area (Å²) in [6.45, 7) is 13.5. The number of nitrogens with zero attached hydrogens (tertiary/aromatic N) is 2. The second-order valence-electron chi connectivity index (χ2n) is 9.56. The van der Waals surface area contributed by atoms with Crippen LogP contribution in [0.1, 0.15) is 50.1 Å². The fourth-order valence-electron chi connectivity index (χ4n) is 6.04. The van der Waals surface area contributed by atoms with Crippen molar-refractivity contribution in [2.24, 2.45) is 23.2 Å². The third kappa shape index (κ3) is 3.80. The van der Waals surface area contributed by atoms with Crippen LogP contribution in [-0.4, -0.2) is 59.8 Å². The van der Waals surface area contributed by atoms with E-state index in [9.17, 15) is 9.90 Å². The fourth-order valence-corrected chi connectivity index (χ4v) is 7.31. The van der Waals surface area contributed by atoms with Crippen molar-refractivity contribution in [3.05, 3.63) is 23.2 Å². The van der Waals surface area contributed by atoms with E-state index in [1.165, 1.54) is 4.88 Å². The number of fused-ring (bicyclic) bond motifs is 2. The van der Waals surface area contributed by atoms with Gasteiger partial charge >= 0.3 is 0 Å². The highest BCUT2D eigenvalue weighted by molar-refractivity contribution is 7.15. The smallest absolute Gasteiger partial charge is 0.225 e. The van der Waals surface area contributed by atoms with E-state index in [0.717, 1.165) is 30.1 Å². The van der Waals surface area contributed by atoms with Crippen molar-refractivity contribution >= 4 is 22.4 Å². The number of aliphatic hydroxyl groups excluding tert-OH is 1. The molecule has 3 aliphatic rings. The van der Waals surface area contributed by atoms with Gasteiger partial charge in [-0.15, -0.1) is 17.9 Å². The molecule has 2 heterocycles. The van der Waals surface area contributed by atoms with Gasteiger partial charge in [-0.05, 0) is 36.5 Å².